The average Bonchev–Trinajstić information content (AvgIpc) is 2.20. The number of hydrogen-bond donors (Lipinski definition) is 2. The normalized spacial score (nSPS) is 12.2. The zero-order chi connectivity index (χ0) is 12.1. The molecular weight excluding hydrogens is 249 g/mol. The highest BCUT2D eigenvalue weighted by Crippen LogP contribution is 2.26. The molecule has 1 aromatic rings. The van der Waals surface area contributed by atoms with Crippen LogP contribution in [0, 0.1) is 0 Å². The standard InChI is InChI=1S/C11H13Cl2NO2/c1-2-3-10(11(15)16)14-9-5-4-7(12)6-8(9)13/h4-6,10,14H,2-3H2,1H3,(H,15,16). The lowest BCUT2D eigenvalue weighted by atomic mass is 10.1. The molecule has 0 saturated heterocycles. The van der Waals surface area contributed by atoms with Gasteiger partial charge in [0, 0.05) is 5.02 Å². The number of hydrogen-bond acceptors (Lipinski definition) is 2. The molecule has 1 aromatic carbocycles. The van der Waals surface area contributed by atoms with Gasteiger partial charge in [0.1, 0.15) is 6.04 Å². The maximum atomic E-state index is 10.9. The lowest BCUT2D eigenvalue weighted by molar-refractivity contribution is -0.138. The summed E-state index contributed by atoms with van der Waals surface area (Å²) in [4.78, 5) is 10.9. The topological polar surface area (TPSA) is 49.3 Å². The molecule has 0 saturated carbocycles. The monoisotopic (exact) mass is 261 g/mol. The van der Waals surface area contributed by atoms with Gasteiger partial charge < -0.3 is 10.4 Å². The fourth-order valence-electron chi connectivity index (χ4n) is 1.34. The van der Waals surface area contributed by atoms with E-state index in [2.05, 4.69) is 5.32 Å². The largest absolute Gasteiger partial charge is 0.480 e. The lowest BCUT2D eigenvalue weighted by Gasteiger charge is -2.15. The third kappa shape index (κ3) is 3.58. The lowest BCUT2D eigenvalue weighted by Crippen LogP contribution is -2.29. The zero-order valence-electron chi connectivity index (χ0n) is 8.84. The molecule has 2 N–H and O–H groups in total. The summed E-state index contributed by atoms with van der Waals surface area (Å²) in [7, 11) is 0. The van der Waals surface area contributed by atoms with E-state index >= 15 is 0 Å². The second kappa shape index (κ2) is 5.97. The number of nitrogens with one attached hydrogen (secondary N) is 1. The van der Waals surface area contributed by atoms with E-state index in [-0.39, 0.29) is 0 Å². The Hall–Kier alpha value is -0.930. The fraction of sp³-hybridized carbons (Fsp3) is 0.364. The number of anilines is 1. The van der Waals surface area contributed by atoms with Crippen molar-refractivity contribution in [2.75, 3.05) is 5.32 Å². The minimum atomic E-state index is -0.882. The number of halogens is 2. The van der Waals surface area contributed by atoms with E-state index in [0.717, 1.165) is 6.42 Å². The Labute approximate surface area is 104 Å². The van der Waals surface area contributed by atoms with E-state index in [0.29, 0.717) is 22.2 Å². The number of aliphatic carboxylic acids is 1. The predicted octanol–water partition coefficient (Wildman–Crippen LogP) is 3.66. The molecule has 0 fully saturated rings. The predicted molar refractivity (Wildman–Crippen MR) is 66.4 cm³/mol. The first-order chi connectivity index (χ1) is 7.54. The van der Waals surface area contributed by atoms with Gasteiger partial charge in [-0.15, -0.1) is 0 Å². The molecule has 0 bridgehead atoms. The van der Waals surface area contributed by atoms with E-state index in [1.54, 1.807) is 18.2 Å². The van der Waals surface area contributed by atoms with Gasteiger partial charge in [-0.05, 0) is 24.6 Å². The number of rotatable bonds is 5. The van der Waals surface area contributed by atoms with Gasteiger partial charge in [0.05, 0.1) is 10.7 Å². The van der Waals surface area contributed by atoms with Crippen molar-refractivity contribution in [3.63, 3.8) is 0 Å². The molecule has 1 atom stereocenters. The van der Waals surface area contributed by atoms with Gasteiger partial charge in [-0.25, -0.2) is 4.79 Å². The third-order valence-corrected chi connectivity index (χ3v) is 2.68. The number of carboxylic acids is 1. The van der Waals surface area contributed by atoms with E-state index in [1.807, 2.05) is 6.92 Å². The van der Waals surface area contributed by atoms with E-state index in [9.17, 15) is 4.79 Å². The molecule has 5 heteroatoms. The first kappa shape index (κ1) is 13.1. The van der Waals surface area contributed by atoms with E-state index in [1.165, 1.54) is 0 Å². The Bertz CT molecular complexity index is 382. The van der Waals surface area contributed by atoms with E-state index < -0.39 is 12.0 Å². The molecule has 16 heavy (non-hydrogen) atoms. The first-order valence-corrected chi connectivity index (χ1v) is 5.74. The molecule has 0 aromatic heterocycles. The van der Waals surface area contributed by atoms with Crippen LogP contribution in [-0.2, 0) is 4.79 Å². The molecule has 1 unspecified atom stereocenters. The molecule has 88 valence electrons. The smallest absolute Gasteiger partial charge is 0.326 e. The zero-order valence-corrected chi connectivity index (χ0v) is 10.3. The molecule has 0 spiro atoms. The van der Waals surface area contributed by atoms with Gasteiger partial charge in [0.15, 0.2) is 0 Å². The molecule has 3 nitrogen and oxygen atoms in total. The van der Waals surface area contributed by atoms with Crippen LogP contribution in [0.15, 0.2) is 18.2 Å². The van der Waals surface area contributed by atoms with Crippen molar-refractivity contribution in [1.82, 2.24) is 0 Å². The van der Waals surface area contributed by atoms with Crippen LogP contribution in [0.2, 0.25) is 10.0 Å². The van der Waals surface area contributed by atoms with Gasteiger partial charge >= 0.3 is 5.97 Å². The van der Waals surface area contributed by atoms with Crippen LogP contribution in [0.5, 0.6) is 0 Å². The van der Waals surface area contributed by atoms with Crippen molar-refractivity contribution in [2.24, 2.45) is 0 Å². The number of benzene rings is 1. The fourth-order valence-corrected chi connectivity index (χ4v) is 1.80. The summed E-state index contributed by atoms with van der Waals surface area (Å²) in [6.45, 7) is 1.93. The second-order valence-electron chi connectivity index (χ2n) is 3.45. The van der Waals surface area contributed by atoms with Gasteiger partial charge in [-0.1, -0.05) is 36.5 Å². The van der Waals surface area contributed by atoms with Crippen molar-refractivity contribution in [3.8, 4) is 0 Å². The van der Waals surface area contributed by atoms with Crippen LogP contribution >= 0.6 is 23.2 Å². The Balaban J connectivity index is 2.81. The SMILES string of the molecule is CCCC(Nc1ccc(Cl)cc1Cl)C(=O)O. The van der Waals surface area contributed by atoms with Crippen LogP contribution in [0.1, 0.15) is 19.8 Å². The molecule has 0 aliphatic carbocycles. The molecule has 1 rings (SSSR count). The minimum Gasteiger partial charge on any atom is -0.480 e. The van der Waals surface area contributed by atoms with Crippen LogP contribution < -0.4 is 5.32 Å². The molecule has 0 aliphatic rings. The molecular formula is C11H13Cl2NO2. The van der Waals surface area contributed by atoms with Crippen molar-refractivity contribution < 1.29 is 9.90 Å². The average molecular weight is 262 g/mol. The first-order valence-electron chi connectivity index (χ1n) is 4.99. The summed E-state index contributed by atoms with van der Waals surface area (Å²) in [5.41, 5.74) is 0.590. The van der Waals surface area contributed by atoms with Crippen LogP contribution in [0.25, 0.3) is 0 Å². The summed E-state index contributed by atoms with van der Waals surface area (Å²) in [6.07, 6.45) is 1.34. The van der Waals surface area contributed by atoms with Gasteiger partial charge in [-0.2, -0.15) is 0 Å². The molecule has 0 heterocycles. The quantitative estimate of drug-likeness (QED) is 0.851. The molecule has 0 amide bonds. The maximum absolute atomic E-state index is 10.9. The molecule has 0 radical (unpaired) electrons. The van der Waals surface area contributed by atoms with Crippen LogP contribution in [-0.4, -0.2) is 17.1 Å². The highest BCUT2D eigenvalue weighted by Gasteiger charge is 2.16. The maximum Gasteiger partial charge on any atom is 0.326 e. The Morgan fingerprint density at radius 2 is 2.19 bits per heavy atom. The highest BCUT2D eigenvalue weighted by atomic mass is 35.5. The van der Waals surface area contributed by atoms with Gasteiger partial charge in [-0.3, -0.25) is 0 Å². The van der Waals surface area contributed by atoms with E-state index in [4.69, 9.17) is 28.3 Å². The van der Waals surface area contributed by atoms with Gasteiger partial charge in [0.25, 0.3) is 0 Å². The number of carboxylic acid groups (broad SMARTS) is 1. The Morgan fingerprint density at radius 1 is 1.50 bits per heavy atom. The van der Waals surface area contributed by atoms with Crippen molar-refractivity contribution in [3.05, 3.63) is 28.2 Å². The summed E-state index contributed by atoms with van der Waals surface area (Å²) < 4.78 is 0. The summed E-state index contributed by atoms with van der Waals surface area (Å²) in [5, 5.41) is 12.8. The van der Waals surface area contributed by atoms with Crippen molar-refractivity contribution in [2.45, 2.75) is 25.8 Å². The Morgan fingerprint density at radius 3 is 2.69 bits per heavy atom. The van der Waals surface area contributed by atoms with Crippen molar-refractivity contribution >= 4 is 34.9 Å². The molecule has 0 aliphatic heterocycles. The summed E-state index contributed by atoms with van der Waals surface area (Å²) in [6, 6.07) is 4.30. The Kier molecular flexibility index (Phi) is 4.90. The third-order valence-electron chi connectivity index (χ3n) is 2.14. The van der Waals surface area contributed by atoms with Crippen molar-refractivity contribution in [1.29, 1.82) is 0 Å². The second-order valence-corrected chi connectivity index (χ2v) is 4.29. The van der Waals surface area contributed by atoms with Gasteiger partial charge in [0.2, 0.25) is 0 Å². The minimum absolute atomic E-state index is 0.426. The summed E-state index contributed by atoms with van der Waals surface area (Å²) in [5.74, 6) is -0.882. The van der Waals surface area contributed by atoms with Crippen LogP contribution in [0.4, 0.5) is 5.69 Å². The number of carbonyl (C=O) groups is 1. The highest BCUT2D eigenvalue weighted by molar-refractivity contribution is 6.36. The summed E-state index contributed by atoms with van der Waals surface area (Å²) >= 11 is 11.7. The van der Waals surface area contributed by atoms with Crippen LogP contribution in [0.3, 0.4) is 0 Å².